The molecule has 1 atom stereocenters. The van der Waals surface area contributed by atoms with E-state index in [-0.39, 0.29) is 5.82 Å². The Morgan fingerprint density at radius 2 is 1.74 bits per heavy atom. The van der Waals surface area contributed by atoms with Gasteiger partial charge in [0.1, 0.15) is 17.2 Å². The molecule has 0 amide bonds. The van der Waals surface area contributed by atoms with Crippen LogP contribution in [0.3, 0.4) is 0 Å². The minimum atomic E-state index is -0.607. The van der Waals surface area contributed by atoms with Crippen LogP contribution in [0.2, 0.25) is 0 Å². The Morgan fingerprint density at radius 3 is 2.35 bits per heavy atom. The van der Waals surface area contributed by atoms with E-state index in [2.05, 4.69) is 24.0 Å². The summed E-state index contributed by atoms with van der Waals surface area (Å²) in [6, 6.07) is 16.7. The molecule has 0 saturated heterocycles. The van der Waals surface area contributed by atoms with Gasteiger partial charge in [-0.15, -0.1) is 0 Å². The normalized spacial score (nSPS) is 13.4. The Labute approximate surface area is 184 Å². The van der Waals surface area contributed by atoms with E-state index >= 15 is 0 Å². The van der Waals surface area contributed by atoms with Crippen LogP contribution in [-0.2, 0) is 23.8 Å². The molecule has 0 bridgehead atoms. The minimum absolute atomic E-state index is 0.192. The van der Waals surface area contributed by atoms with Crippen molar-refractivity contribution in [2.75, 3.05) is 33.9 Å². The Kier molecular flexibility index (Phi) is 7.82. The lowest BCUT2D eigenvalue weighted by atomic mass is 9.92. The summed E-state index contributed by atoms with van der Waals surface area (Å²) >= 11 is 0. The van der Waals surface area contributed by atoms with Gasteiger partial charge in [0.05, 0.1) is 12.8 Å². The molecule has 1 heterocycles. The summed E-state index contributed by atoms with van der Waals surface area (Å²) in [7, 11) is 5.70. The second-order valence-corrected chi connectivity index (χ2v) is 7.98. The fraction of sp³-hybridized carbons (Fsp3) is 0.400. The van der Waals surface area contributed by atoms with Crippen molar-refractivity contribution >= 4 is 0 Å². The zero-order valence-electron chi connectivity index (χ0n) is 18.8. The number of hydrogen-bond donors (Lipinski definition) is 0. The lowest BCUT2D eigenvalue weighted by molar-refractivity contribution is -0.0132. The van der Waals surface area contributed by atoms with Crippen LogP contribution in [0, 0.1) is 5.82 Å². The number of aromatic nitrogens is 2. The van der Waals surface area contributed by atoms with E-state index in [1.165, 1.54) is 12.1 Å². The highest BCUT2D eigenvalue weighted by Gasteiger charge is 2.32. The number of ether oxygens (including phenoxy) is 2. The van der Waals surface area contributed by atoms with Crippen LogP contribution in [-0.4, -0.2) is 48.5 Å². The first-order chi connectivity index (χ1) is 14.9. The van der Waals surface area contributed by atoms with Crippen molar-refractivity contribution in [3.63, 3.8) is 0 Å². The number of methoxy groups -OCH3 is 1. The van der Waals surface area contributed by atoms with E-state index in [0.29, 0.717) is 6.61 Å². The van der Waals surface area contributed by atoms with Crippen LogP contribution in [0.4, 0.5) is 4.39 Å². The van der Waals surface area contributed by atoms with Crippen molar-refractivity contribution in [3.8, 4) is 5.75 Å². The van der Waals surface area contributed by atoms with Gasteiger partial charge in [0.15, 0.2) is 0 Å². The monoisotopic (exact) mass is 425 g/mol. The lowest BCUT2D eigenvalue weighted by Gasteiger charge is -2.31. The van der Waals surface area contributed by atoms with E-state index in [1.54, 1.807) is 13.3 Å². The number of nitrogens with zero attached hydrogens (tertiary/aromatic N) is 3. The summed E-state index contributed by atoms with van der Waals surface area (Å²) in [6.45, 7) is 4.55. The highest BCUT2D eigenvalue weighted by Crippen LogP contribution is 2.34. The molecule has 1 aromatic heterocycles. The molecule has 0 aliphatic heterocycles. The highest BCUT2D eigenvalue weighted by molar-refractivity contribution is 5.36. The van der Waals surface area contributed by atoms with Gasteiger partial charge < -0.3 is 14.4 Å². The first kappa shape index (κ1) is 23.0. The maximum atomic E-state index is 13.0. The van der Waals surface area contributed by atoms with Gasteiger partial charge in [0, 0.05) is 32.9 Å². The molecule has 31 heavy (non-hydrogen) atoms. The fourth-order valence-electron chi connectivity index (χ4n) is 3.75. The Bertz CT molecular complexity index is 940. The standard InChI is InChI=1S/C25H32FN3O2/c1-25(24-14-16-27-29(24)3,21-8-12-23(30-4)13-9-21)31-19-5-17-28(2)18-15-20-6-10-22(26)11-7-20/h6-14,16H,5,15,17-19H2,1-4H3. The largest absolute Gasteiger partial charge is 0.497 e. The molecular formula is C25H32FN3O2. The smallest absolute Gasteiger partial charge is 0.132 e. The molecule has 0 spiro atoms. The first-order valence-electron chi connectivity index (χ1n) is 10.6. The van der Waals surface area contributed by atoms with Crippen LogP contribution >= 0.6 is 0 Å². The van der Waals surface area contributed by atoms with Gasteiger partial charge in [-0.2, -0.15) is 5.10 Å². The molecule has 0 aliphatic rings. The molecule has 6 heteroatoms. The maximum absolute atomic E-state index is 13.0. The minimum Gasteiger partial charge on any atom is -0.497 e. The van der Waals surface area contributed by atoms with E-state index < -0.39 is 5.60 Å². The molecule has 2 aromatic carbocycles. The van der Waals surface area contributed by atoms with Gasteiger partial charge in [-0.3, -0.25) is 4.68 Å². The highest BCUT2D eigenvalue weighted by atomic mass is 19.1. The van der Waals surface area contributed by atoms with Crippen molar-refractivity contribution in [2.24, 2.45) is 7.05 Å². The average molecular weight is 426 g/mol. The zero-order valence-corrected chi connectivity index (χ0v) is 18.8. The predicted octanol–water partition coefficient (Wildman–Crippen LogP) is 4.41. The number of halogens is 1. The number of hydrogen-bond acceptors (Lipinski definition) is 4. The molecule has 0 fully saturated rings. The molecule has 0 saturated carbocycles. The van der Waals surface area contributed by atoms with E-state index in [0.717, 1.165) is 48.5 Å². The first-order valence-corrected chi connectivity index (χ1v) is 10.6. The van der Waals surface area contributed by atoms with Gasteiger partial charge in [-0.1, -0.05) is 24.3 Å². The molecule has 3 aromatic rings. The lowest BCUT2D eigenvalue weighted by Crippen LogP contribution is -2.32. The number of aryl methyl sites for hydroxylation is 1. The third-order valence-electron chi connectivity index (χ3n) is 5.72. The molecule has 0 radical (unpaired) electrons. The third kappa shape index (κ3) is 5.93. The molecule has 3 rings (SSSR count). The van der Waals surface area contributed by atoms with Crippen LogP contribution < -0.4 is 4.74 Å². The Hall–Kier alpha value is -2.70. The van der Waals surface area contributed by atoms with Gasteiger partial charge in [0.2, 0.25) is 0 Å². The van der Waals surface area contributed by atoms with E-state index in [4.69, 9.17) is 9.47 Å². The van der Waals surface area contributed by atoms with E-state index in [1.807, 2.05) is 54.2 Å². The van der Waals surface area contributed by atoms with Crippen LogP contribution in [0.15, 0.2) is 60.8 Å². The topological polar surface area (TPSA) is 39.5 Å². The summed E-state index contributed by atoms with van der Waals surface area (Å²) in [5.74, 6) is 0.626. The van der Waals surface area contributed by atoms with Crippen molar-refractivity contribution in [3.05, 3.63) is 83.4 Å². The number of benzene rings is 2. The summed E-state index contributed by atoms with van der Waals surface area (Å²) in [5.41, 5.74) is 2.60. The second kappa shape index (κ2) is 10.6. The van der Waals surface area contributed by atoms with Crippen molar-refractivity contribution in [1.29, 1.82) is 0 Å². The van der Waals surface area contributed by atoms with Crippen molar-refractivity contribution in [1.82, 2.24) is 14.7 Å². The van der Waals surface area contributed by atoms with Crippen molar-refractivity contribution in [2.45, 2.75) is 25.4 Å². The molecular weight excluding hydrogens is 393 g/mol. The van der Waals surface area contributed by atoms with Gasteiger partial charge in [-0.05, 0) is 68.3 Å². The summed E-state index contributed by atoms with van der Waals surface area (Å²) < 4.78 is 26.7. The molecule has 1 unspecified atom stereocenters. The average Bonchev–Trinajstić information content (AvgIpc) is 3.23. The number of rotatable bonds is 11. The maximum Gasteiger partial charge on any atom is 0.132 e. The van der Waals surface area contributed by atoms with Crippen LogP contribution in [0.5, 0.6) is 5.75 Å². The third-order valence-corrected chi connectivity index (χ3v) is 5.72. The van der Waals surface area contributed by atoms with Gasteiger partial charge in [0.25, 0.3) is 0 Å². The summed E-state index contributed by atoms with van der Waals surface area (Å²) in [5, 5.41) is 4.34. The quantitative estimate of drug-likeness (QED) is 0.427. The van der Waals surface area contributed by atoms with Crippen LogP contribution in [0.1, 0.15) is 30.2 Å². The SMILES string of the molecule is COc1ccc(C(C)(OCCCN(C)CCc2ccc(F)cc2)c2ccnn2C)cc1. The Balaban J connectivity index is 1.56. The fourth-order valence-corrected chi connectivity index (χ4v) is 3.75. The van der Waals surface area contributed by atoms with E-state index in [9.17, 15) is 4.39 Å². The number of likely N-dealkylation sites (N-methyl/N-ethyl adjacent to an activating group) is 1. The molecule has 0 N–H and O–H groups in total. The summed E-state index contributed by atoms with van der Waals surface area (Å²) in [4.78, 5) is 2.28. The molecule has 0 aliphatic carbocycles. The van der Waals surface area contributed by atoms with Crippen LogP contribution in [0.25, 0.3) is 0 Å². The zero-order chi connectivity index (χ0) is 22.3. The predicted molar refractivity (Wildman–Crippen MR) is 121 cm³/mol. The van der Waals surface area contributed by atoms with Gasteiger partial charge in [-0.25, -0.2) is 4.39 Å². The van der Waals surface area contributed by atoms with Gasteiger partial charge >= 0.3 is 0 Å². The molecule has 166 valence electrons. The second-order valence-electron chi connectivity index (χ2n) is 7.98. The van der Waals surface area contributed by atoms with Crippen molar-refractivity contribution < 1.29 is 13.9 Å². The molecule has 5 nitrogen and oxygen atoms in total. The Morgan fingerprint density at radius 1 is 1.03 bits per heavy atom. The summed E-state index contributed by atoms with van der Waals surface area (Å²) in [6.07, 6.45) is 3.60.